The number of piperidine rings is 1. The van der Waals surface area contributed by atoms with Crippen molar-refractivity contribution in [1.29, 1.82) is 0 Å². The molecule has 2 saturated heterocycles. The molecule has 1 aromatic heterocycles. The van der Waals surface area contributed by atoms with E-state index in [4.69, 9.17) is 0 Å². The molecule has 3 saturated carbocycles. The first-order chi connectivity index (χ1) is 25.5. The molecule has 0 bridgehead atoms. The Balaban J connectivity index is 1.26. The van der Waals surface area contributed by atoms with E-state index in [9.17, 15) is 42.3 Å². The van der Waals surface area contributed by atoms with Gasteiger partial charge < -0.3 is 31.2 Å². The third kappa shape index (κ3) is 7.68. The van der Waals surface area contributed by atoms with E-state index in [1.165, 1.54) is 11.8 Å². The van der Waals surface area contributed by atoms with Crippen molar-refractivity contribution in [2.75, 3.05) is 0 Å². The lowest BCUT2D eigenvalue weighted by atomic mass is 9.60. The Morgan fingerprint density at radius 3 is 2.22 bits per heavy atom. The summed E-state index contributed by atoms with van der Waals surface area (Å²) in [6, 6.07) is -5.50. The van der Waals surface area contributed by atoms with Crippen LogP contribution in [0.1, 0.15) is 130 Å². The van der Waals surface area contributed by atoms with Gasteiger partial charge in [0.25, 0.3) is 11.8 Å². The summed E-state index contributed by atoms with van der Waals surface area (Å²) in [5, 5.41) is 10.8. The molecule has 5 amide bonds. The second-order valence-corrected chi connectivity index (χ2v) is 16.9. The minimum atomic E-state index is -2.97. The molecule has 0 spiro atoms. The number of aromatic nitrogens is 1. The number of rotatable bonds is 13. The molecule has 3 heterocycles. The van der Waals surface area contributed by atoms with Gasteiger partial charge in [-0.25, -0.2) is 8.78 Å². The number of aryl methyl sites for hydroxylation is 1. The van der Waals surface area contributed by atoms with Crippen LogP contribution in [0.4, 0.5) is 8.78 Å². The molecule has 2 aliphatic heterocycles. The molecule has 296 valence electrons. The summed E-state index contributed by atoms with van der Waals surface area (Å²) in [5.41, 5.74) is 0.889. The predicted octanol–water partition coefficient (Wildman–Crippen LogP) is 3.41. The molecule has 3 aliphatic carbocycles. The Labute approximate surface area is 314 Å². The number of ketones is 2. The topological polar surface area (TPSA) is 187 Å². The van der Waals surface area contributed by atoms with Gasteiger partial charge in [0.2, 0.25) is 29.9 Å². The number of aromatic amines is 1. The molecule has 13 nitrogen and oxygen atoms in total. The second-order valence-electron chi connectivity index (χ2n) is 16.9. The maximum Gasteiger partial charge on any atom is 0.289 e. The van der Waals surface area contributed by atoms with Gasteiger partial charge in [-0.3, -0.25) is 33.6 Å². The van der Waals surface area contributed by atoms with Gasteiger partial charge in [-0.2, -0.15) is 0 Å². The molecule has 0 radical (unpaired) electrons. The van der Waals surface area contributed by atoms with E-state index in [0.29, 0.717) is 36.9 Å². The molecule has 5 N–H and O–H groups in total. The van der Waals surface area contributed by atoms with Gasteiger partial charge in [-0.05, 0) is 94.4 Å². The maximum atomic E-state index is 14.7. The number of hydrogen-bond acceptors (Lipinski definition) is 7. The zero-order valence-corrected chi connectivity index (χ0v) is 31.8. The Morgan fingerprint density at radius 1 is 0.907 bits per heavy atom. The summed E-state index contributed by atoms with van der Waals surface area (Å²) in [5.74, 6) is -5.29. The summed E-state index contributed by atoms with van der Waals surface area (Å²) in [4.78, 5) is 99.4. The lowest BCUT2D eigenvalue weighted by Crippen LogP contribution is -2.70. The van der Waals surface area contributed by atoms with Crippen molar-refractivity contribution in [3.8, 4) is 0 Å². The zero-order chi connectivity index (χ0) is 39.2. The normalized spacial score (nSPS) is 27.4. The van der Waals surface area contributed by atoms with Crippen LogP contribution in [0.5, 0.6) is 0 Å². The van der Waals surface area contributed by atoms with Crippen LogP contribution >= 0.6 is 0 Å². The lowest BCUT2D eigenvalue weighted by Gasteiger charge is -2.55. The van der Waals surface area contributed by atoms with Crippen molar-refractivity contribution in [2.45, 2.75) is 154 Å². The van der Waals surface area contributed by atoms with E-state index in [1.54, 1.807) is 13.8 Å². The summed E-state index contributed by atoms with van der Waals surface area (Å²) in [6.07, 6.45) is 4.00. The van der Waals surface area contributed by atoms with Gasteiger partial charge in [0.1, 0.15) is 29.9 Å². The number of amides is 5. The number of nitrogens with zero attached hydrogens (tertiary/aromatic N) is 1. The number of carbonyl (C=O) groups excluding carboxylic acids is 7. The van der Waals surface area contributed by atoms with Crippen molar-refractivity contribution in [1.82, 2.24) is 31.2 Å². The minimum Gasteiger partial charge on any atom is -0.354 e. The van der Waals surface area contributed by atoms with Crippen LogP contribution in [-0.2, 0) is 24.0 Å². The number of hydrogen-bond donors (Lipinski definition) is 5. The number of Topliss-reactive ketones (excluding diaryl/α,β-unsaturated/α-hetero) is 2. The first kappa shape index (κ1) is 39.5. The van der Waals surface area contributed by atoms with Crippen LogP contribution in [0.15, 0.2) is 0 Å². The maximum absolute atomic E-state index is 14.7. The zero-order valence-electron chi connectivity index (χ0n) is 31.8. The molecule has 54 heavy (non-hydrogen) atoms. The fraction of sp³-hybridized carbons (Fsp3) is 0.718. The molecule has 0 aromatic carbocycles. The number of nitrogens with one attached hydrogen (secondary N) is 5. The first-order valence-corrected chi connectivity index (χ1v) is 19.6. The van der Waals surface area contributed by atoms with Gasteiger partial charge in [0, 0.05) is 24.2 Å². The average Bonchev–Trinajstić information content (AvgIpc) is 3.76. The number of halogens is 2. The van der Waals surface area contributed by atoms with E-state index >= 15 is 0 Å². The van der Waals surface area contributed by atoms with E-state index in [1.807, 2.05) is 13.8 Å². The smallest absolute Gasteiger partial charge is 0.289 e. The lowest BCUT2D eigenvalue weighted by molar-refractivity contribution is -0.160. The summed E-state index contributed by atoms with van der Waals surface area (Å²) in [7, 11) is 0. The van der Waals surface area contributed by atoms with Crippen molar-refractivity contribution in [3.05, 3.63) is 22.5 Å². The molecular weight excluding hydrogens is 702 g/mol. The molecular formula is C39H54F2N6O7. The summed E-state index contributed by atoms with van der Waals surface area (Å²) >= 11 is 0. The van der Waals surface area contributed by atoms with Crippen molar-refractivity contribution in [2.24, 2.45) is 23.2 Å². The third-order valence-corrected chi connectivity index (χ3v) is 12.9. The molecule has 5 fully saturated rings. The molecule has 15 heteroatoms. The highest BCUT2D eigenvalue weighted by molar-refractivity contribution is 6.38. The number of alkyl halides is 2. The Kier molecular flexibility index (Phi) is 11.4. The van der Waals surface area contributed by atoms with Crippen LogP contribution in [0.25, 0.3) is 0 Å². The third-order valence-electron chi connectivity index (χ3n) is 12.9. The van der Waals surface area contributed by atoms with Crippen LogP contribution in [0, 0.1) is 37.0 Å². The molecule has 6 rings (SSSR count). The molecule has 7 atom stereocenters. The average molecular weight is 757 g/mol. The first-order valence-electron chi connectivity index (χ1n) is 19.6. The monoisotopic (exact) mass is 756 g/mol. The van der Waals surface area contributed by atoms with Crippen molar-refractivity contribution >= 4 is 41.1 Å². The largest absolute Gasteiger partial charge is 0.354 e. The van der Waals surface area contributed by atoms with Crippen molar-refractivity contribution < 1.29 is 42.3 Å². The highest BCUT2D eigenvalue weighted by Crippen LogP contribution is 2.54. The van der Waals surface area contributed by atoms with Gasteiger partial charge >= 0.3 is 0 Å². The van der Waals surface area contributed by atoms with Crippen molar-refractivity contribution in [3.63, 3.8) is 0 Å². The van der Waals surface area contributed by atoms with E-state index in [2.05, 4.69) is 26.3 Å². The second kappa shape index (κ2) is 15.5. The standard InChI is InChI=1S/C39H54F2N6O7/c1-18-19(2)42-30(28(18)20(3)48)36(52)45-29(21-10-7-6-8-11-21)35(51)46-33-38(54)47-26(16-22-12-9-13-24(31(22)47)39(33,4)5)34(50)44-25(17-27(40)41)32(49)37(53)43-23-14-15-23/h21-27,29,31,33,42H,6-17H2,1-5H3,(H,43,53)(H,44,50)(H,45,52)(H,46,51)/t22-,24?,25-,26-,29-,31+,33+/m0/s1. The quantitative estimate of drug-likeness (QED) is 0.151. The van der Waals surface area contributed by atoms with E-state index in [-0.39, 0.29) is 53.3 Å². The van der Waals surface area contributed by atoms with Gasteiger partial charge in [0.15, 0.2) is 5.78 Å². The molecule has 1 unspecified atom stereocenters. The number of carbonyl (C=O) groups is 7. The van der Waals surface area contributed by atoms with Crippen LogP contribution in [0.3, 0.4) is 0 Å². The minimum absolute atomic E-state index is 0.0563. The molecule has 1 aromatic rings. The molecule has 5 aliphatic rings. The highest BCUT2D eigenvalue weighted by atomic mass is 19.3. The fourth-order valence-corrected chi connectivity index (χ4v) is 9.79. The van der Waals surface area contributed by atoms with Gasteiger partial charge in [-0.1, -0.05) is 39.5 Å². The van der Waals surface area contributed by atoms with E-state index < -0.39 is 77.7 Å². The van der Waals surface area contributed by atoms with Gasteiger partial charge in [-0.15, -0.1) is 0 Å². The SMILES string of the molecule is CC(=O)c1c(C(=O)N[C@H](C(=O)N[C@@H]2C(=O)N3[C@H](C(=O)N[C@@H](CC(F)F)C(=O)C(=O)NC4CC4)C[C@@H]4CCCC([C@@H]43)C2(C)C)C2CCCCC2)[nH]c(C)c1C. The Bertz CT molecular complexity index is 1700. The van der Waals surface area contributed by atoms with Crippen LogP contribution in [0.2, 0.25) is 0 Å². The van der Waals surface area contributed by atoms with Crippen LogP contribution < -0.4 is 21.3 Å². The highest BCUT2D eigenvalue weighted by Gasteiger charge is 2.62. The Hall–Kier alpha value is -4.17. The Morgan fingerprint density at radius 2 is 1.59 bits per heavy atom. The number of H-pyrrole nitrogens is 1. The van der Waals surface area contributed by atoms with E-state index in [0.717, 1.165) is 38.5 Å². The van der Waals surface area contributed by atoms with Gasteiger partial charge in [0.05, 0.1) is 5.56 Å². The fourth-order valence-electron chi connectivity index (χ4n) is 9.79. The predicted molar refractivity (Wildman–Crippen MR) is 192 cm³/mol. The van der Waals surface area contributed by atoms with Crippen LogP contribution in [-0.4, -0.2) is 93.7 Å². The summed E-state index contributed by atoms with van der Waals surface area (Å²) < 4.78 is 27.3. The summed E-state index contributed by atoms with van der Waals surface area (Å²) in [6.45, 7) is 8.76.